The number of carboxylic acids is 1. The lowest BCUT2D eigenvalue weighted by molar-refractivity contribution is -0.138. The summed E-state index contributed by atoms with van der Waals surface area (Å²) in [5.41, 5.74) is 2.02. The second-order valence-electron chi connectivity index (χ2n) is 11.7. The fourth-order valence-electron chi connectivity index (χ4n) is 6.45. The van der Waals surface area contributed by atoms with Crippen molar-refractivity contribution in [3.8, 4) is 11.1 Å². The molecule has 0 radical (unpaired) electrons. The van der Waals surface area contributed by atoms with Crippen LogP contribution in [-0.4, -0.2) is 48.1 Å². The van der Waals surface area contributed by atoms with Gasteiger partial charge in [-0.3, -0.25) is 14.6 Å². The molecule has 42 heavy (non-hydrogen) atoms. The maximum atomic E-state index is 13.2. The number of amides is 2. The van der Waals surface area contributed by atoms with E-state index in [1.165, 1.54) is 6.20 Å². The third-order valence-electron chi connectivity index (χ3n) is 8.96. The Hall–Kier alpha value is -4.09. The third kappa shape index (κ3) is 5.93. The van der Waals surface area contributed by atoms with E-state index in [4.69, 9.17) is 0 Å². The fourth-order valence-corrected chi connectivity index (χ4v) is 8.47. The van der Waals surface area contributed by atoms with Crippen LogP contribution in [0.1, 0.15) is 38.7 Å². The van der Waals surface area contributed by atoms with Gasteiger partial charge in [0, 0.05) is 23.7 Å². The number of ketones is 1. The lowest BCUT2D eigenvalue weighted by Gasteiger charge is -2.36. The van der Waals surface area contributed by atoms with Crippen molar-refractivity contribution in [2.75, 3.05) is 16.4 Å². The standard InChI is InChI=1S/C31H34N4O6S/c1-30(2)23-12-13-31(30,27(36)17-23)19-42(40,41)35-26(28(37)38)15-20-8-10-21(11-9-20)22-5-3-6-24(16-22)33-29(39)34-25-7-4-14-32-18-25/h3-11,14,16,18,23,26,35H,12-13,15,17,19H2,1-2H3,(H,37,38)(H2,33,34,39)/t23?,26-,31?/m0/s1. The zero-order valence-corrected chi connectivity index (χ0v) is 24.3. The molecule has 2 saturated carbocycles. The fraction of sp³-hybridized carbons (Fsp3) is 0.355. The van der Waals surface area contributed by atoms with Gasteiger partial charge in [-0.25, -0.2) is 17.9 Å². The number of aromatic nitrogens is 1. The number of urea groups is 1. The molecule has 220 valence electrons. The summed E-state index contributed by atoms with van der Waals surface area (Å²) in [7, 11) is -4.06. The van der Waals surface area contributed by atoms with Gasteiger partial charge in [0.15, 0.2) is 0 Å². The minimum Gasteiger partial charge on any atom is -0.480 e. The number of hydrogen-bond donors (Lipinski definition) is 4. The van der Waals surface area contributed by atoms with Gasteiger partial charge in [-0.05, 0) is 71.6 Å². The van der Waals surface area contributed by atoms with Gasteiger partial charge in [0.2, 0.25) is 10.0 Å². The number of Topliss-reactive ketones (excluding diaryl/α,β-unsaturated/α-hetero) is 1. The quantitative estimate of drug-likeness (QED) is 0.267. The van der Waals surface area contributed by atoms with Gasteiger partial charge in [-0.1, -0.05) is 50.2 Å². The molecular weight excluding hydrogens is 556 g/mol. The molecule has 10 nitrogen and oxygen atoms in total. The molecule has 5 rings (SSSR count). The van der Waals surface area contributed by atoms with E-state index >= 15 is 0 Å². The van der Waals surface area contributed by atoms with Crippen molar-refractivity contribution in [1.29, 1.82) is 0 Å². The van der Waals surface area contributed by atoms with E-state index in [0.717, 1.165) is 17.5 Å². The molecule has 0 spiro atoms. The normalized spacial score (nSPS) is 21.6. The second-order valence-corrected chi connectivity index (χ2v) is 13.5. The Kier molecular flexibility index (Phi) is 7.91. The van der Waals surface area contributed by atoms with Gasteiger partial charge in [0.1, 0.15) is 11.8 Å². The van der Waals surface area contributed by atoms with Crippen LogP contribution in [0.4, 0.5) is 16.2 Å². The van der Waals surface area contributed by atoms with Crippen LogP contribution in [0.2, 0.25) is 0 Å². The predicted molar refractivity (Wildman–Crippen MR) is 159 cm³/mol. The van der Waals surface area contributed by atoms with Crippen LogP contribution in [0.15, 0.2) is 73.1 Å². The van der Waals surface area contributed by atoms with Crippen LogP contribution in [-0.2, 0) is 26.0 Å². The van der Waals surface area contributed by atoms with Crippen molar-refractivity contribution in [2.45, 2.75) is 45.6 Å². The lowest BCUT2D eigenvalue weighted by Crippen LogP contribution is -2.49. The van der Waals surface area contributed by atoms with Crippen molar-refractivity contribution < 1.29 is 27.9 Å². The van der Waals surface area contributed by atoms with Crippen LogP contribution in [0, 0.1) is 16.7 Å². The molecule has 2 unspecified atom stereocenters. The van der Waals surface area contributed by atoms with Gasteiger partial charge < -0.3 is 15.7 Å². The highest BCUT2D eigenvalue weighted by Gasteiger charge is 2.65. The maximum Gasteiger partial charge on any atom is 0.323 e. The summed E-state index contributed by atoms with van der Waals surface area (Å²) in [6.45, 7) is 3.90. The summed E-state index contributed by atoms with van der Waals surface area (Å²) >= 11 is 0. The summed E-state index contributed by atoms with van der Waals surface area (Å²) in [6, 6.07) is 16.0. The number of pyridine rings is 1. The number of anilines is 2. The summed E-state index contributed by atoms with van der Waals surface area (Å²) in [4.78, 5) is 41.2. The van der Waals surface area contributed by atoms with E-state index in [1.807, 2.05) is 38.1 Å². The number of nitrogens with zero attached hydrogens (tertiary/aromatic N) is 1. The average molecular weight is 591 g/mol. The molecule has 0 aliphatic heterocycles. The Morgan fingerprint density at radius 3 is 2.36 bits per heavy atom. The SMILES string of the molecule is CC1(C)C2CCC1(CS(=O)(=O)N[C@@H](Cc1ccc(-c3cccc(NC(=O)Nc4cccnc4)c3)cc1)C(=O)O)C(=O)C2. The zero-order chi connectivity index (χ0) is 30.1. The molecule has 3 atom stereocenters. The molecule has 4 N–H and O–H groups in total. The van der Waals surface area contributed by atoms with Crippen LogP contribution in [0.25, 0.3) is 11.1 Å². The molecule has 2 aromatic carbocycles. The number of carboxylic acid groups (broad SMARTS) is 1. The van der Waals surface area contributed by atoms with Crippen molar-refractivity contribution in [2.24, 2.45) is 16.7 Å². The third-order valence-corrected chi connectivity index (χ3v) is 10.5. The van der Waals surface area contributed by atoms with Crippen molar-refractivity contribution in [1.82, 2.24) is 9.71 Å². The minimum absolute atomic E-state index is 0.0371. The Bertz CT molecular complexity index is 1610. The smallest absolute Gasteiger partial charge is 0.323 e. The van der Waals surface area contributed by atoms with E-state index in [1.54, 1.807) is 42.6 Å². The highest BCUT2D eigenvalue weighted by molar-refractivity contribution is 7.89. The first-order valence-electron chi connectivity index (χ1n) is 13.8. The van der Waals surface area contributed by atoms with Gasteiger partial charge in [0.25, 0.3) is 0 Å². The van der Waals surface area contributed by atoms with Crippen LogP contribution in [0.5, 0.6) is 0 Å². The molecule has 1 heterocycles. The van der Waals surface area contributed by atoms with Crippen LogP contribution in [0.3, 0.4) is 0 Å². The molecule has 1 aromatic heterocycles. The van der Waals surface area contributed by atoms with Crippen molar-refractivity contribution in [3.05, 3.63) is 78.6 Å². The Morgan fingerprint density at radius 1 is 1.02 bits per heavy atom. The summed E-state index contributed by atoms with van der Waals surface area (Å²) < 4.78 is 28.8. The average Bonchev–Trinajstić information content (AvgIpc) is 3.28. The largest absolute Gasteiger partial charge is 0.480 e. The van der Waals surface area contributed by atoms with Crippen LogP contribution < -0.4 is 15.4 Å². The van der Waals surface area contributed by atoms with Crippen molar-refractivity contribution in [3.63, 3.8) is 0 Å². The summed E-state index contributed by atoms with van der Waals surface area (Å²) in [5.74, 6) is -1.56. The van der Waals surface area contributed by atoms with E-state index in [2.05, 4.69) is 20.3 Å². The number of nitrogens with one attached hydrogen (secondary N) is 3. The molecule has 0 saturated heterocycles. The number of sulfonamides is 1. The molecule has 2 aliphatic rings. The van der Waals surface area contributed by atoms with Gasteiger partial charge >= 0.3 is 12.0 Å². The lowest BCUT2D eigenvalue weighted by atomic mass is 9.70. The highest BCUT2D eigenvalue weighted by atomic mass is 32.2. The van der Waals surface area contributed by atoms with Gasteiger partial charge in [-0.15, -0.1) is 0 Å². The van der Waals surface area contributed by atoms with Crippen molar-refractivity contribution >= 4 is 39.2 Å². The highest BCUT2D eigenvalue weighted by Crippen LogP contribution is 2.64. The number of carbonyl (C=O) groups excluding carboxylic acids is 2. The number of rotatable bonds is 10. The van der Waals surface area contributed by atoms with Gasteiger partial charge in [0.05, 0.1) is 17.6 Å². The first kappa shape index (κ1) is 29.4. The molecule has 2 bridgehead atoms. The molecule has 3 aromatic rings. The molecule has 2 aliphatic carbocycles. The Balaban J connectivity index is 1.24. The molecule has 2 amide bonds. The van der Waals surface area contributed by atoms with E-state index in [-0.39, 0.29) is 18.1 Å². The molecular formula is C31H34N4O6S. The number of benzene rings is 2. The van der Waals surface area contributed by atoms with E-state index in [0.29, 0.717) is 29.8 Å². The second kappa shape index (κ2) is 11.3. The number of carbonyl (C=O) groups is 3. The van der Waals surface area contributed by atoms with Crippen LogP contribution >= 0.6 is 0 Å². The molecule has 11 heteroatoms. The van der Waals surface area contributed by atoms with E-state index < -0.39 is 44.6 Å². The topological polar surface area (TPSA) is 155 Å². The molecule has 2 fully saturated rings. The Labute approximate surface area is 245 Å². The van der Waals surface area contributed by atoms with E-state index in [9.17, 15) is 27.9 Å². The summed E-state index contributed by atoms with van der Waals surface area (Å²) in [6.07, 6.45) is 4.79. The minimum atomic E-state index is -4.06. The summed E-state index contributed by atoms with van der Waals surface area (Å²) in [5, 5.41) is 15.3. The Morgan fingerprint density at radius 2 is 1.74 bits per heavy atom. The first-order valence-corrected chi connectivity index (χ1v) is 15.5. The predicted octanol–water partition coefficient (Wildman–Crippen LogP) is 4.70. The first-order chi connectivity index (χ1) is 19.9. The zero-order valence-electron chi connectivity index (χ0n) is 23.5. The monoisotopic (exact) mass is 590 g/mol. The maximum absolute atomic E-state index is 13.2. The van der Waals surface area contributed by atoms with Gasteiger partial charge in [-0.2, -0.15) is 0 Å². The number of hydrogen-bond acceptors (Lipinski definition) is 6. The number of aliphatic carboxylic acids is 1. The number of fused-ring (bicyclic) bond motifs is 2.